The van der Waals surface area contributed by atoms with Crippen molar-refractivity contribution < 1.29 is 9.47 Å². The van der Waals surface area contributed by atoms with Gasteiger partial charge < -0.3 is 14.8 Å². The van der Waals surface area contributed by atoms with Crippen molar-refractivity contribution in [1.82, 2.24) is 5.32 Å². The number of rotatable bonds is 6. The number of benzene rings is 1. The Morgan fingerprint density at radius 1 is 1.47 bits per heavy atom. The van der Waals surface area contributed by atoms with E-state index in [4.69, 9.17) is 9.47 Å². The molecular formula is C14H21NO2. The van der Waals surface area contributed by atoms with Crippen molar-refractivity contribution >= 4 is 0 Å². The second-order valence-corrected chi connectivity index (χ2v) is 4.60. The van der Waals surface area contributed by atoms with Crippen LogP contribution in [0.15, 0.2) is 18.2 Å². The van der Waals surface area contributed by atoms with Crippen LogP contribution < -0.4 is 10.1 Å². The zero-order valence-corrected chi connectivity index (χ0v) is 10.7. The zero-order valence-electron chi connectivity index (χ0n) is 10.7. The van der Waals surface area contributed by atoms with Crippen molar-refractivity contribution in [3.05, 3.63) is 29.3 Å². The number of methoxy groups -OCH3 is 1. The molecule has 0 saturated heterocycles. The van der Waals surface area contributed by atoms with E-state index < -0.39 is 0 Å². The average Bonchev–Trinajstić information content (AvgIpc) is 2.81. The largest absolute Gasteiger partial charge is 0.493 e. The van der Waals surface area contributed by atoms with Gasteiger partial charge >= 0.3 is 0 Å². The summed E-state index contributed by atoms with van der Waals surface area (Å²) in [4.78, 5) is 0. The molecule has 0 amide bonds. The van der Waals surface area contributed by atoms with E-state index in [2.05, 4.69) is 30.4 Å². The van der Waals surface area contributed by atoms with Gasteiger partial charge in [-0.1, -0.05) is 12.1 Å². The van der Waals surface area contributed by atoms with Crippen LogP contribution in [-0.4, -0.2) is 26.4 Å². The highest BCUT2D eigenvalue weighted by Gasteiger charge is 2.12. The minimum Gasteiger partial charge on any atom is -0.493 e. The minimum absolute atomic E-state index is 0.486. The van der Waals surface area contributed by atoms with Crippen LogP contribution in [-0.2, 0) is 17.7 Å². The third kappa shape index (κ3) is 3.45. The van der Waals surface area contributed by atoms with Gasteiger partial charge in [-0.25, -0.2) is 0 Å². The quantitative estimate of drug-likeness (QED) is 0.819. The first-order chi connectivity index (χ1) is 8.29. The van der Waals surface area contributed by atoms with Gasteiger partial charge in [-0.3, -0.25) is 0 Å². The maximum absolute atomic E-state index is 5.50. The lowest BCUT2D eigenvalue weighted by molar-refractivity contribution is 0.184. The Hall–Kier alpha value is -1.06. The van der Waals surface area contributed by atoms with E-state index in [1.807, 2.05) is 0 Å². The van der Waals surface area contributed by atoms with Crippen molar-refractivity contribution in [2.24, 2.45) is 0 Å². The normalized spacial score (nSPS) is 15.4. The fraction of sp³-hybridized carbons (Fsp3) is 0.571. The molecule has 0 saturated carbocycles. The summed E-state index contributed by atoms with van der Waals surface area (Å²) in [5.74, 6) is 1.06. The molecule has 0 aromatic heterocycles. The molecule has 1 aromatic rings. The van der Waals surface area contributed by atoms with Crippen molar-refractivity contribution in [2.45, 2.75) is 32.4 Å². The highest BCUT2D eigenvalue weighted by Crippen LogP contribution is 2.25. The molecule has 0 radical (unpaired) electrons. The van der Waals surface area contributed by atoms with Crippen LogP contribution in [0.3, 0.4) is 0 Å². The third-order valence-electron chi connectivity index (χ3n) is 3.16. The summed E-state index contributed by atoms with van der Waals surface area (Å²) in [5.41, 5.74) is 2.67. The number of ether oxygens (including phenoxy) is 2. The van der Waals surface area contributed by atoms with E-state index in [1.165, 1.54) is 11.1 Å². The van der Waals surface area contributed by atoms with Gasteiger partial charge in [0.2, 0.25) is 0 Å². The monoisotopic (exact) mass is 235 g/mol. The first-order valence-electron chi connectivity index (χ1n) is 6.26. The van der Waals surface area contributed by atoms with Crippen LogP contribution in [0.4, 0.5) is 0 Å². The topological polar surface area (TPSA) is 30.5 Å². The number of nitrogens with one attached hydrogen (secondary N) is 1. The van der Waals surface area contributed by atoms with E-state index in [1.54, 1.807) is 7.11 Å². The van der Waals surface area contributed by atoms with Crippen molar-refractivity contribution in [3.63, 3.8) is 0 Å². The molecule has 0 aliphatic carbocycles. The lowest BCUT2D eigenvalue weighted by atomic mass is 10.1. The molecule has 0 spiro atoms. The molecule has 1 atom stereocenters. The van der Waals surface area contributed by atoms with E-state index in [9.17, 15) is 0 Å². The minimum atomic E-state index is 0.486. The molecule has 2 rings (SSSR count). The molecule has 1 unspecified atom stereocenters. The molecule has 0 fully saturated rings. The van der Waals surface area contributed by atoms with Gasteiger partial charge in [0.05, 0.1) is 6.61 Å². The summed E-state index contributed by atoms with van der Waals surface area (Å²) >= 11 is 0. The van der Waals surface area contributed by atoms with Crippen LogP contribution in [0.25, 0.3) is 0 Å². The van der Waals surface area contributed by atoms with E-state index in [-0.39, 0.29) is 0 Å². The van der Waals surface area contributed by atoms with Crippen molar-refractivity contribution in [1.29, 1.82) is 0 Å². The zero-order chi connectivity index (χ0) is 12.1. The van der Waals surface area contributed by atoms with E-state index >= 15 is 0 Å². The van der Waals surface area contributed by atoms with Gasteiger partial charge in [-0.2, -0.15) is 0 Å². The van der Waals surface area contributed by atoms with Crippen molar-refractivity contribution in [3.8, 4) is 5.75 Å². The Morgan fingerprint density at radius 3 is 3.18 bits per heavy atom. The molecule has 94 valence electrons. The fourth-order valence-corrected chi connectivity index (χ4v) is 2.04. The Kier molecular flexibility index (Phi) is 4.40. The number of hydrogen-bond donors (Lipinski definition) is 1. The molecule has 3 nitrogen and oxygen atoms in total. The number of hydrogen-bond acceptors (Lipinski definition) is 3. The lowest BCUT2D eigenvalue weighted by Gasteiger charge is -2.13. The average molecular weight is 235 g/mol. The standard InChI is InChI=1S/C14H21NO2/c1-11(5-7-16-2)15-10-12-3-4-14-13(9-12)6-8-17-14/h3-4,9,11,15H,5-8,10H2,1-2H3. The molecule has 1 N–H and O–H groups in total. The SMILES string of the molecule is COCCC(C)NCc1ccc2c(c1)CCO2. The molecular weight excluding hydrogens is 214 g/mol. The molecule has 0 bridgehead atoms. The summed E-state index contributed by atoms with van der Waals surface area (Å²) in [6.45, 7) is 4.75. The van der Waals surface area contributed by atoms with Crippen LogP contribution >= 0.6 is 0 Å². The van der Waals surface area contributed by atoms with Crippen LogP contribution in [0.1, 0.15) is 24.5 Å². The Labute approximate surface area is 103 Å². The highest BCUT2D eigenvalue weighted by molar-refractivity contribution is 5.39. The Bertz CT molecular complexity index is 365. The predicted molar refractivity (Wildman–Crippen MR) is 68.4 cm³/mol. The molecule has 1 aliphatic rings. The fourth-order valence-electron chi connectivity index (χ4n) is 2.04. The van der Waals surface area contributed by atoms with Crippen molar-refractivity contribution in [2.75, 3.05) is 20.3 Å². The lowest BCUT2D eigenvalue weighted by Crippen LogP contribution is -2.26. The second-order valence-electron chi connectivity index (χ2n) is 4.60. The maximum Gasteiger partial charge on any atom is 0.122 e. The Balaban J connectivity index is 1.83. The van der Waals surface area contributed by atoms with Gasteiger partial charge in [0.15, 0.2) is 0 Å². The highest BCUT2D eigenvalue weighted by atomic mass is 16.5. The van der Waals surface area contributed by atoms with Crippen LogP contribution in [0.5, 0.6) is 5.75 Å². The molecule has 1 aromatic carbocycles. The number of fused-ring (bicyclic) bond motifs is 1. The first-order valence-corrected chi connectivity index (χ1v) is 6.26. The van der Waals surface area contributed by atoms with Gasteiger partial charge in [-0.15, -0.1) is 0 Å². The summed E-state index contributed by atoms with van der Waals surface area (Å²) in [6, 6.07) is 6.96. The molecule has 3 heteroatoms. The molecule has 1 heterocycles. The van der Waals surface area contributed by atoms with Crippen LogP contribution in [0.2, 0.25) is 0 Å². The summed E-state index contributed by atoms with van der Waals surface area (Å²) in [7, 11) is 1.74. The third-order valence-corrected chi connectivity index (χ3v) is 3.16. The Morgan fingerprint density at radius 2 is 2.35 bits per heavy atom. The summed E-state index contributed by atoms with van der Waals surface area (Å²) in [6.07, 6.45) is 2.09. The predicted octanol–water partition coefficient (Wildman–Crippen LogP) is 2.14. The van der Waals surface area contributed by atoms with Gasteiger partial charge in [0.25, 0.3) is 0 Å². The summed E-state index contributed by atoms with van der Waals surface area (Å²) in [5, 5.41) is 3.50. The van der Waals surface area contributed by atoms with Crippen LogP contribution in [0, 0.1) is 0 Å². The summed E-state index contributed by atoms with van der Waals surface area (Å²) < 4.78 is 10.6. The first kappa shape index (κ1) is 12.4. The van der Waals surface area contributed by atoms with Gasteiger partial charge in [0, 0.05) is 32.7 Å². The van der Waals surface area contributed by atoms with E-state index in [0.29, 0.717) is 6.04 Å². The smallest absolute Gasteiger partial charge is 0.122 e. The molecule has 1 aliphatic heterocycles. The second kappa shape index (κ2) is 6.03. The van der Waals surface area contributed by atoms with Gasteiger partial charge in [-0.05, 0) is 30.5 Å². The maximum atomic E-state index is 5.50. The van der Waals surface area contributed by atoms with E-state index in [0.717, 1.165) is 38.3 Å². The molecule has 17 heavy (non-hydrogen) atoms. The van der Waals surface area contributed by atoms with Gasteiger partial charge in [0.1, 0.15) is 5.75 Å².